The Balaban J connectivity index is 1.99. The van der Waals surface area contributed by atoms with E-state index < -0.39 is 10.0 Å². The molecule has 21 heavy (non-hydrogen) atoms. The lowest BCUT2D eigenvalue weighted by molar-refractivity contribution is -0.120. The Hall–Kier alpha value is -1.47. The summed E-state index contributed by atoms with van der Waals surface area (Å²) in [5.74, 6) is 0.162. The highest BCUT2D eigenvalue weighted by Crippen LogP contribution is 2.21. The number of rotatable bonds is 5. The van der Waals surface area contributed by atoms with Gasteiger partial charge in [-0.1, -0.05) is 13.0 Å². The molecule has 1 fully saturated rings. The minimum absolute atomic E-state index is 0.140. The number of amides is 1. The second-order valence-electron chi connectivity index (χ2n) is 5.22. The first kappa shape index (κ1) is 15.9. The first-order chi connectivity index (χ1) is 10.0. The van der Waals surface area contributed by atoms with Crippen molar-refractivity contribution >= 4 is 21.7 Å². The summed E-state index contributed by atoms with van der Waals surface area (Å²) < 4.78 is 25.6. The molecule has 1 aromatic rings. The molecule has 1 atom stereocenters. The predicted octanol–water partition coefficient (Wildman–Crippen LogP) is 1.47. The van der Waals surface area contributed by atoms with E-state index in [9.17, 15) is 13.2 Å². The van der Waals surface area contributed by atoms with Gasteiger partial charge in [0.25, 0.3) is 0 Å². The van der Waals surface area contributed by atoms with Crippen molar-refractivity contribution < 1.29 is 13.2 Å². The molecule has 2 heterocycles. The maximum Gasteiger partial charge on any atom is 0.229 e. The Morgan fingerprint density at radius 2 is 2.29 bits per heavy atom. The van der Waals surface area contributed by atoms with Gasteiger partial charge in [0, 0.05) is 19.3 Å². The van der Waals surface area contributed by atoms with Crippen LogP contribution in [0.15, 0.2) is 24.4 Å². The van der Waals surface area contributed by atoms with Crippen LogP contribution in [-0.4, -0.2) is 42.5 Å². The van der Waals surface area contributed by atoms with Crippen LogP contribution in [0.1, 0.15) is 26.2 Å². The van der Waals surface area contributed by atoms with Gasteiger partial charge < -0.3 is 5.32 Å². The molecule has 2 rings (SSSR count). The van der Waals surface area contributed by atoms with Gasteiger partial charge in [-0.2, -0.15) is 0 Å². The fraction of sp³-hybridized carbons (Fsp3) is 0.571. The summed E-state index contributed by atoms with van der Waals surface area (Å²) >= 11 is 0. The number of hydrogen-bond acceptors (Lipinski definition) is 4. The highest BCUT2D eigenvalue weighted by atomic mass is 32.2. The van der Waals surface area contributed by atoms with Gasteiger partial charge in [-0.05, 0) is 31.4 Å². The molecular formula is C14H21N3O3S. The van der Waals surface area contributed by atoms with Crippen molar-refractivity contribution in [3.63, 3.8) is 0 Å². The Labute approximate surface area is 125 Å². The van der Waals surface area contributed by atoms with E-state index in [2.05, 4.69) is 10.3 Å². The van der Waals surface area contributed by atoms with Gasteiger partial charge in [0.2, 0.25) is 15.9 Å². The smallest absolute Gasteiger partial charge is 0.229 e. The van der Waals surface area contributed by atoms with Gasteiger partial charge in [-0.3, -0.25) is 4.79 Å². The van der Waals surface area contributed by atoms with Crippen molar-refractivity contribution in [3.05, 3.63) is 24.4 Å². The highest BCUT2D eigenvalue weighted by Gasteiger charge is 2.31. The molecule has 1 unspecified atom stereocenters. The van der Waals surface area contributed by atoms with Crippen LogP contribution in [0.2, 0.25) is 0 Å². The van der Waals surface area contributed by atoms with Crippen LogP contribution in [0.3, 0.4) is 0 Å². The van der Waals surface area contributed by atoms with Gasteiger partial charge >= 0.3 is 0 Å². The first-order valence-electron chi connectivity index (χ1n) is 7.22. The number of piperidine rings is 1. The second kappa shape index (κ2) is 7.00. The highest BCUT2D eigenvalue weighted by molar-refractivity contribution is 7.89. The van der Waals surface area contributed by atoms with Crippen molar-refractivity contribution in [1.29, 1.82) is 0 Å². The molecule has 7 heteroatoms. The van der Waals surface area contributed by atoms with Crippen molar-refractivity contribution in [2.75, 3.05) is 24.2 Å². The summed E-state index contributed by atoms with van der Waals surface area (Å²) in [6.45, 7) is 2.61. The fourth-order valence-electron chi connectivity index (χ4n) is 2.46. The van der Waals surface area contributed by atoms with Crippen molar-refractivity contribution in [1.82, 2.24) is 9.29 Å². The fourth-order valence-corrected chi connectivity index (χ4v) is 4.05. The van der Waals surface area contributed by atoms with Gasteiger partial charge in [0.15, 0.2) is 0 Å². The van der Waals surface area contributed by atoms with Crippen LogP contribution in [-0.2, 0) is 14.8 Å². The molecule has 0 saturated carbocycles. The number of hydrogen-bond donors (Lipinski definition) is 1. The third-order valence-electron chi connectivity index (χ3n) is 3.53. The second-order valence-corrected chi connectivity index (χ2v) is 7.31. The summed E-state index contributed by atoms with van der Waals surface area (Å²) in [6.07, 6.45) is 3.61. The van der Waals surface area contributed by atoms with Crippen LogP contribution in [0.4, 0.5) is 5.82 Å². The Kier molecular flexibility index (Phi) is 5.30. The number of pyridine rings is 1. The van der Waals surface area contributed by atoms with Gasteiger partial charge in [0.1, 0.15) is 5.82 Å². The van der Waals surface area contributed by atoms with Gasteiger partial charge in [-0.15, -0.1) is 0 Å². The summed E-state index contributed by atoms with van der Waals surface area (Å²) in [7, 11) is -3.23. The van der Waals surface area contributed by atoms with Crippen LogP contribution in [0.5, 0.6) is 0 Å². The molecule has 0 radical (unpaired) electrons. The quantitative estimate of drug-likeness (QED) is 0.893. The third-order valence-corrected chi connectivity index (χ3v) is 5.57. The van der Waals surface area contributed by atoms with Crippen molar-refractivity contribution in [2.45, 2.75) is 26.2 Å². The summed E-state index contributed by atoms with van der Waals surface area (Å²) in [5.41, 5.74) is 0. The van der Waals surface area contributed by atoms with Gasteiger partial charge in [0.05, 0.1) is 11.7 Å². The third kappa shape index (κ3) is 4.25. The maximum atomic E-state index is 12.2. The number of nitrogens with one attached hydrogen (secondary N) is 1. The molecule has 1 aliphatic heterocycles. The largest absolute Gasteiger partial charge is 0.310 e. The molecule has 1 aromatic heterocycles. The van der Waals surface area contributed by atoms with E-state index in [1.54, 1.807) is 24.4 Å². The summed E-state index contributed by atoms with van der Waals surface area (Å²) in [5, 5.41) is 2.74. The molecule has 1 saturated heterocycles. The minimum atomic E-state index is -3.23. The Morgan fingerprint density at radius 3 is 2.95 bits per heavy atom. The number of carbonyl (C=O) groups excluding carboxylic acids is 1. The minimum Gasteiger partial charge on any atom is -0.310 e. The maximum absolute atomic E-state index is 12.2. The van der Waals surface area contributed by atoms with Crippen molar-refractivity contribution in [2.24, 2.45) is 5.92 Å². The molecule has 116 valence electrons. The molecule has 0 bridgehead atoms. The van der Waals surface area contributed by atoms with E-state index in [1.165, 1.54) is 4.31 Å². The van der Waals surface area contributed by atoms with Gasteiger partial charge in [-0.25, -0.2) is 17.7 Å². The van der Waals surface area contributed by atoms with Crippen LogP contribution < -0.4 is 5.32 Å². The topological polar surface area (TPSA) is 79.4 Å². The van der Waals surface area contributed by atoms with Crippen LogP contribution in [0.25, 0.3) is 0 Å². The van der Waals surface area contributed by atoms with Crippen LogP contribution >= 0.6 is 0 Å². The van der Waals surface area contributed by atoms with Crippen LogP contribution in [0, 0.1) is 5.92 Å². The number of anilines is 1. The lowest BCUT2D eigenvalue weighted by atomic mass is 9.99. The predicted molar refractivity (Wildman–Crippen MR) is 81.2 cm³/mol. The zero-order valence-corrected chi connectivity index (χ0v) is 13.0. The lowest BCUT2D eigenvalue weighted by Gasteiger charge is -2.31. The standard InChI is InChI=1S/C14H21N3O3S/c1-2-10-21(19,20)17-9-5-6-12(11-17)14(18)16-13-7-3-4-8-15-13/h3-4,7-8,12H,2,5-6,9-11H2,1H3,(H,15,16,18). The number of carbonyl (C=O) groups is 1. The zero-order chi connectivity index (χ0) is 15.3. The molecule has 6 nitrogen and oxygen atoms in total. The molecule has 0 aliphatic carbocycles. The van der Waals surface area contributed by atoms with E-state index in [-0.39, 0.29) is 24.1 Å². The first-order valence-corrected chi connectivity index (χ1v) is 8.83. The average Bonchev–Trinajstić information content (AvgIpc) is 2.48. The zero-order valence-electron chi connectivity index (χ0n) is 12.2. The molecular weight excluding hydrogens is 290 g/mol. The molecule has 0 spiro atoms. The Bertz CT molecular complexity index is 574. The SMILES string of the molecule is CCCS(=O)(=O)N1CCCC(C(=O)Nc2ccccn2)C1. The van der Waals surface area contributed by atoms with E-state index in [0.717, 1.165) is 0 Å². The van der Waals surface area contributed by atoms with E-state index in [0.29, 0.717) is 31.6 Å². The lowest BCUT2D eigenvalue weighted by Crippen LogP contribution is -2.44. The monoisotopic (exact) mass is 311 g/mol. The van der Waals surface area contributed by atoms with E-state index >= 15 is 0 Å². The van der Waals surface area contributed by atoms with Crippen molar-refractivity contribution in [3.8, 4) is 0 Å². The summed E-state index contributed by atoms with van der Waals surface area (Å²) in [6, 6.07) is 5.28. The molecule has 1 N–H and O–H groups in total. The Morgan fingerprint density at radius 1 is 1.48 bits per heavy atom. The number of sulfonamides is 1. The number of aromatic nitrogens is 1. The molecule has 1 amide bonds. The summed E-state index contributed by atoms with van der Waals surface area (Å²) in [4.78, 5) is 16.3. The molecule has 1 aliphatic rings. The normalized spacial score (nSPS) is 20.1. The average molecular weight is 311 g/mol. The molecule has 0 aromatic carbocycles. The van der Waals surface area contributed by atoms with E-state index in [4.69, 9.17) is 0 Å². The van der Waals surface area contributed by atoms with E-state index in [1.807, 2.05) is 6.92 Å². The number of nitrogens with zero attached hydrogens (tertiary/aromatic N) is 2.